The summed E-state index contributed by atoms with van der Waals surface area (Å²) < 4.78 is 5.36. The number of hydrogen-bond acceptors (Lipinski definition) is 7. The molecule has 1 aliphatic carbocycles. The van der Waals surface area contributed by atoms with Gasteiger partial charge in [0.15, 0.2) is 5.82 Å². The Balaban J connectivity index is 2.22. The second kappa shape index (κ2) is 7.11. The first kappa shape index (κ1) is 17.8. The van der Waals surface area contributed by atoms with E-state index in [2.05, 4.69) is 15.3 Å². The number of anilines is 2. The van der Waals surface area contributed by atoms with Crippen molar-refractivity contribution in [3.63, 3.8) is 0 Å². The van der Waals surface area contributed by atoms with Crippen molar-refractivity contribution < 1.29 is 9.53 Å². The Bertz CT molecular complexity index is 891. The number of ether oxygens (including phenoxy) is 1. The molecule has 3 N–H and O–H groups in total. The van der Waals surface area contributed by atoms with E-state index in [1.54, 1.807) is 13.1 Å². The Morgan fingerprint density at radius 2 is 2.19 bits per heavy atom. The lowest BCUT2D eigenvalue weighted by Crippen LogP contribution is -2.37. The van der Waals surface area contributed by atoms with Gasteiger partial charge in [-0.1, -0.05) is 24.3 Å². The lowest BCUT2D eigenvalue weighted by atomic mass is 9.78. The molecule has 0 saturated heterocycles. The molecule has 1 aliphatic rings. The predicted octanol–water partition coefficient (Wildman–Crippen LogP) is 2.74. The molecule has 2 heterocycles. The molecule has 26 heavy (non-hydrogen) atoms. The fraction of sp³-hybridized carbons (Fsp3) is 0.368. The van der Waals surface area contributed by atoms with E-state index in [1.807, 2.05) is 44.2 Å². The summed E-state index contributed by atoms with van der Waals surface area (Å²) in [6, 6.07) is 1.97. The zero-order valence-corrected chi connectivity index (χ0v) is 15.2. The zero-order valence-electron chi connectivity index (χ0n) is 15.2. The molecule has 0 spiro atoms. The summed E-state index contributed by atoms with van der Waals surface area (Å²) in [5, 5.41) is 4.05. The minimum Gasteiger partial charge on any atom is -0.465 e. The van der Waals surface area contributed by atoms with E-state index in [4.69, 9.17) is 15.5 Å². The summed E-state index contributed by atoms with van der Waals surface area (Å²) in [4.78, 5) is 26.0. The molecule has 136 valence electrons. The van der Waals surface area contributed by atoms with Crippen LogP contribution in [0.25, 0.3) is 10.9 Å². The quantitative estimate of drug-likeness (QED) is 0.797. The first-order chi connectivity index (χ1) is 12.5. The van der Waals surface area contributed by atoms with Crippen molar-refractivity contribution in [3.05, 3.63) is 42.3 Å². The van der Waals surface area contributed by atoms with Crippen LogP contribution in [0.1, 0.15) is 32.9 Å². The van der Waals surface area contributed by atoms with Crippen molar-refractivity contribution in [3.8, 4) is 0 Å². The third-order valence-corrected chi connectivity index (χ3v) is 4.17. The third-order valence-electron chi connectivity index (χ3n) is 4.17. The third kappa shape index (κ3) is 3.24. The number of nitrogens with two attached hydrogens (primary N) is 1. The molecule has 0 unspecified atom stereocenters. The van der Waals surface area contributed by atoms with E-state index >= 15 is 0 Å². The van der Waals surface area contributed by atoms with Crippen LogP contribution >= 0.6 is 0 Å². The first-order valence-electron chi connectivity index (χ1n) is 8.68. The number of carbonyl (C=O) groups excluding carboxylic acids is 1. The second-order valence-corrected chi connectivity index (χ2v) is 6.50. The maximum Gasteiger partial charge on any atom is 0.322 e. The smallest absolute Gasteiger partial charge is 0.322 e. The topological polar surface area (TPSA) is 103 Å². The van der Waals surface area contributed by atoms with Crippen LogP contribution in [0.5, 0.6) is 0 Å². The van der Waals surface area contributed by atoms with Gasteiger partial charge in [0.2, 0.25) is 5.95 Å². The number of allylic oxidation sites excluding steroid dienone is 3. The Labute approximate surface area is 152 Å². The van der Waals surface area contributed by atoms with Crippen molar-refractivity contribution in [1.82, 2.24) is 15.0 Å². The van der Waals surface area contributed by atoms with Gasteiger partial charge in [0, 0.05) is 17.6 Å². The average molecular weight is 353 g/mol. The molecule has 0 fully saturated rings. The molecule has 0 saturated carbocycles. The molecule has 7 nitrogen and oxygen atoms in total. The molecule has 7 heteroatoms. The van der Waals surface area contributed by atoms with Gasteiger partial charge in [-0.25, -0.2) is 15.0 Å². The van der Waals surface area contributed by atoms with Gasteiger partial charge in [-0.05, 0) is 33.3 Å². The van der Waals surface area contributed by atoms with Crippen LogP contribution in [0.15, 0.2) is 36.6 Å². The molecule has 2 aromatic rings. The Hall–Kier alpha value is -2.96. The van der Waals surface area contributed by atoms with Crippen molar-refractivity contribution in [2.45, 2.75) is 38.6 Å². The van der Waals surface area contributed by atoms with Gasteiger partial charge in [-0.15, -0.1) is 0 Å². The van der Waals surface area contributed by atoms with Crippen LogP contribution in [-0.2, 0) is 14.9 Å². The van der Waals surface area contributed by atoms with Gasteiger partial charge in [-0.3, -0.25) is 4.79 Å². The molecule has 1 atom stereocenters. The number of aromatic nitrogens is 3. The molecule has 3 rings (SSSR count). The van der Waals surface area contributed by atoms with Crippen molar-refractivity contribution >= 4 is 28.6 Å². The molecule has 0 radical (unpaired) electrons. The van der Waals surface area contributed by atoms with Crippen LogP contribution in [0.2, 0.25) is 0 Å². The molecular weight excluding hydrogens is 330 g/mol. The molecule has 0 bridgehead atoms. The maximum absolute atomic E-state index is 12.8. The monoisotopic (exact) mass is 353 g/mol. The Morgan fingerprint density at radius 1 is 1.38 bits per heavy atom. The maximum atomic E-state index is 12.8. The fourth-order valence-electron chi connectivity index (χ4n) is 2.98. The highest BCUT2D eigenvalue weighted by Gasteiger charge is 2.41. The standard InChI is InChI=1S/C19H23N5O2/c1-4-26-17(25)19(8-6-5-7-9-19)14-10-13-11-21-18(20)24-15(13)16(23-14)22-12(2)3/h5-8,10-12H,4,9H2,1-3H3,(H,22,23)(H2,20,21,24)/t19-/m0/s1. The predicted molar refractivity (Wildman–Crippen MR) is 102 cm³/mol. The molecule has 2 aromatic heterocycles. The fourth-order valence-corrected chi connectivity index (χ4v) is 2.98. The summed E-state index contributed by atoms with van der Waals surface area (Å²) in [5.74, 6) is 0.437. The molecule has 0 aromatic carbocycles. The van der Waals surface area contributed by atoms with E-state index < -0.39 is 5.41 Å². The van der Waals surface area contributed by atoms with E-state index in [0.29, 0.717) is 30.1 Å². The zero-order chi connectivity index (χ0) is 18.7. The van der Waals surface area contributed by atoms with E-state index in [9.17, 15) is 4.79 Å². The number of carbonyl (C=O) groups is 1. The van der Waals surface area contributed by atoms with Gasteiger partial charge in [0.05, 0.1) is 12.3 Å². The van der Waals surface area contributed by atoms with Crippen LogP contribution in [0.4, 0.5) is 11.8 Å². The number of nitrogen functional groups attached to an aromatic ring is 1. The first-order valence-corrected chi connectivity index (χ1v) is 8.68. The summed E-state index contributed by atoms with van der Waals surface area (Å²) in [7, 11) is 0. The SMILES string of the molecule is CCOC(=O)[C@@]1(c2cc3cnc(N)nc3c(NC(C)C)n2)C=CC=CC1. The van der Waals surface area contributed by atoms with E-state index in [-0.39, 0.29) is 18.0 Å². The lowest BCUT2D eigenvalue weighted by molar-refractivity contribution is -0.148. The highest BCUT2D eigenvalue weighted by atomic mass is 16.5. The number of hydrogen-bond donors (Lipinski definition) is 2. The molecule has 0 aliphatic heterocycles. The minimum absolute atomic E-state index is 0.137. The highest BCUT2D eigenvalue weighted by Crippen LogP contribution is 2.36. The molecular formula is C19H23N5O2. The van der Waals surface area contributed by atoms with Crippen molar-refractivity contribution in [2.75, 3.05) is 17.7 Å². The number of esters is 1. The van der Waals surface area contributed by atoms with E-state index in [1.165, 1.54) is 0 Å². The minimum atomic E-state index is -0.965. The van der Waals surface area contributed by atoms with Crippen molar-refractivity contribution in [2.24, 2.45) is 0 Å². The summed E-state index contributed by atoms with van der Waals surface area (Å²) in [6.45, 7) is 6.12. The number of nitrogens with one attached hydrogen (secondary N) is 1. The second-order valence-electron chi connectivity index (χ2n) is 6.50. The number of nitrogens with zero attached hydrogens (tertiary/aromatic N) is 3. The number of rotatable bonds is 5. The average Bonchev–Trinajstić information content (AvgIpc) is 2.62. The largest absolute Gasteiger partial charge is 0.465 e. The number of pyridine rings is 1. The lowest BCUT2D eigenvalue weighted by Gasteiger charge is -2.29. The summed E-state index contributed by atoms with van der Waals surface area (Å²) >= 11 is 0. The van der Waals surface area contributed by atoms with E-state index in [0.717, 1.165) is 5.39 Å². The van der Waals surface area contributed by atoms with Gasteiger partial charge in [-0.2, -0.15) is 0 Å². The van der Waals surface area contributed by atoms with Gasteiger partial charge in [0.1, 0.15) is 10.9 Å². The Morgan fingerprint density at radius 3 is 2.85 bits per heavy atom. The van der Waals surface area contributed by atoms with Gasteiger partial charge in [0.25, 0.3) is 0 Å². The molecule has 0 amide bonds. The van der Waals surface area contributed by atoms with Crippen LogP contribution in [0, 0.1) is 0 Å². The van der Waals surface area contributed by atoms with Gasteiger partial charge < -0.3 is 15.8 Å². The Kier molecular flexibility index (Phi) is 4.88. The number of fused-ring (bicyclic) bond motifs is 1. The van der Waals surface area contributed by atoms with Gasteiger partial charge >= 0.3 is 5.97 Å². The normalized spacial score (nSPS) is 19.1. The van der Waals surface area contributed by atoms with Crippen LogP contribution < -0.4 is 11.1 Å². The summed E-state index contributed by atoms with van der Waals surface area (Å²) in [6.07, 6.45) is 9.68. The highest BCUT2D eigenvalue weighted by molar-refractivity contribution is 5.92. The van der Waals surface area contributed by atoms with Crippen LogP contribution in [0.3, 0.4) is 0 Å². The van der Waals surface area contributed by atoms with Crippen LogP contribution in [-0.4, -0.2) is 33.6 Å². The van der Waals surface area contributed by atoms with Crippen molar-refractivity contribution in [1.29, 1.82) is 0 Å². The summed E-state index contributed by atoms with van der Waals surface area (Å²) in [5.41, 5.74) is 6.01.